The Bertz CT molecular complexity index is 462. The molecule has 0 fully saturated rings. The molecule has 94 valence electrons. The normalized spacial score (nSPS) is 12.1. The summed E-state index contributed by atoms with van der Waals surface area (Å²) in [4.78, 5) is 0. The van der Waals surface area contributed by atoms with Crippen LogP contribution in [0.1, 0.15) is 13.3 Å². The van der Waals surface area contributed by atoms with Crippen LogP contribution in [0.3, 0.4) is 0 Å². The molecular weight excluding hydrogens is 224 g/mol. The van der Waals surface area contributed by atoms with E-state index in [0.717, 1.165) is 5.75 Å². The van der Waals surface area contributed by atoms with Crippen molar-refractivity contribution in [1.29, 1.82) is 0 Å². The Morgan fingerprint density at radius 1 is 0.944 bits per heavy atom. The van der Waals surface area contributed by atoms with Crippen LogP contribution in [0.25, 0.3) is 11.1 Å². The van der Waals surface area contributed by atoms with Crippen LogP contribution in [0.15, 0.2) is 54.6 Å². The summed E-state index contributed by atoms with van der Waals surface area (Å²) in [5.74, 6) is 0.794. The fraction of sp³-hybridized carbons (Fsp3) is 0.250. The predicted octanol–water partition coefficient (Wildman–Crippen LogP) is 3.50. The summed E-state index contributed by atoms with van der Waals surface area (Å²) < 4.78 is 5.50. The summed E-state index contributed by atoms with van der Waals surface area (Å²) in [6.45, 7) is 2.29. The summed E-state index contributed by atoms with van der Waals surface area (Å²) in [6, 6.07) is 18.1. The van der Waals surface area contributed by atoms with Gasteiger partial charge in [0, 0.05) is 0 Å². The average Bonchev–Trinajstić information content (AvgIpc) is 2.46. The summed E-state index contributed by atoms with van der Waals surface area (Å²) >= 11 is 0. The molecule has 18 heavy (non-hydrogen) atoms. The zero-order chi connectivity index (χ0) is 12.8. The molecule has 2 nitrogen and oxygen atoms in total. The van der Waals surface area contributed by atoms with Crippen LogP contribution in [-0.2, 0) is 0 Å². The molecule has 1 N–H and O–H groups in total. The number of aliphatic hydroxyl groups is 1. The molecule has 0 bridgehead atoms. The monoisotopic (exact) mass is 242 g/mol. The van der Waals surface area contributed by atoms with Crippen LogP contribution in [0.5, 0.6) is 5.75 Å². The van der Waals surface area contributed by atoms with E-state index < -0.39 is 6.10 Å². The highest BCUT2D eigenvalue weighted by Gasteiger charge is 2.02. The molecule has 0 aliphatic heterocycles. The van der Waals surface area contributed by atoms with E-state index in [0.29, 0.717) is 13.0 Å². The Morgan fingerprint density at radius 2 is 1.56 bits per heavy atom. The molecule has 1 atom stereocenters. The second-order valence-corrected chi connectivity index (χ2v) is 4.26. The first-order valence-electron chi connectivity index (χ1n) is 6.26. The summed E-state index contributed by atoms with van der Waals surface area (Å²) in [6.07, 6.45) is 0.320. The van der Waals surface area contributed by atoms with Gasteiger partial charge in [-0.05, 0) is 29.7 Å². The van der Waals surface area contributed by atoms with Gasteiger partial charge in [-0.1, -0.05) is 49.4 Å². The standard InChI is InChI=1S/C16H18O2/c1-2-15(17)12-18-16-10-8-14(9-11-16)13-6-4-3-5-7-13/h3-11,15,17H,2,12H2,1H3. The van der Waals surface area contributed by atoms with Gasteiger partial charge in [-0.15, -0.1) is 0 Å². The SMILES string of the molecule is CCC(O)COc1ccc(-c2ccccc2)cc1. The maximum atomic E-state index is 9.43. The topological polar surface area (TPSA) is 29.5 Å². The maximum absolute atomic E-state index is 9.43. The van der Waals surface area contributed by atoms with Gasteiger partial charge >= 0.3 is 0 Å². The van der Waals surface area contributed by atoms with Crippen LogP contribution >= 0.6 is 0 Å². The molecule has 0 radical (unpaired) electrons. The Kier molecular flexibility index (Phi) is 4.37. The van der Waals surface area contributed by atoms with E-state index in [2.05, 4.69) is 12.1 Å². The smallest absolute Gasteiger partial charge is 0.119 e. The lowest BCUT2D eigenvalue weighted by Gasteiger charge is -2.10. The number of benzene rings is 2. The number of hydrogen-bond donors (Lipinski definition) is 1. The largest absolute Gasteiger partial charge is 0.491 e. The zero-order valence-electron chi connectivity index (χ0n) is 10.5. The second-order valence-electron chi connectivity index (χ2n) is 4.26. The highest BCUT2D eigenvalue weighted by molar-refractivity contribution is 5.63. The van der Waals surface area contributed by atoms with Crippen LogP contribution in [0.4, 0.5) is 0 Å². The van der Waals surface area contributed by atoms with Gasteiger partial charge in [0.25, 0.3) is 0 Å². The molecule has 2 rings (SSSR count). The van der Waals surface area contributed by atoms with Gasteiger partial charge in [-0.2, -0.15) is 0 Å². The first kappa shape index (κ1) is 12.7. The predicted molar refractivity (Wildman–Crippen MR) is 73.7 cm³/mol. The van der Waals surface area contributed by atoms with E-state index in [9.17, 15) is 5.11 Å². The first-order valence-corrected chi connectivity index (χ1v) is 6.26. The lowest BCUT2D eigenvalue weighted by molar-refractivity contribution is 0.104. The van der Waals surface area contributed by atoms with Gasteiger partial charge in [0.05, 0.1) is 6.10 Å². The van der Waals surface area contributed by atoms with Crippen molar-refractivity contribution in [2.24, 2.45) is 0 Å². The van der Waals surface area contributed by atoms with Crippen molar-refractivity contribution in [2.45, 2.75) is 19.4 Å². The summed E-state index contributed by atoms with van der Waals surface area (Å²) in [5.41, 5.74) is 2.36. The molecule has 2 aromatic rings. The van der Waals surface area contributed by atoms with Crippen molar-refractivity contribution < 1.29 is 9.84 Å². The minimum atomic E-state index is -0.390. The summed E-state index contributed by atoms with van der Waals surface area (Å²) in [5, 5.41) is 9.43. The molecule has 0 amide bonds. The Balaban J connectivity index is 2.02. The van der Waals surface area contributed by atoms with E-state index in [1.165, 1.54) is 11.1 Å². The van der Waals surface area contributed by atoms with Gasteiger partial charge in [0.15, 0.2) is 0 Å². The molecule has 0 aliphatic rings. The summed E-state index contributed by atoms with van der Waals surface area (Å²) in [7, 11) is 0. The third-order valence-corrected chi connectivity index (χ3v) is 2.88. The van der Waals surface area contributed by atoms with Crippen molar-refractivity contribution in [3.8, 4) is 16.9 Å². The van der Waals surface area contributed by atoms with Crippen molar-refractivity contribution in [2.75, 3.05) is 6.61 Å². The molecule has 0 heterocycles. The van der Waals surface area contributed by atoms with E-state index in [1.807, 2.05) is 49.4 Å². The molecule has 0 spiro atoms. The van der Waals surface area contributed by atoms with Gasteiger partial charge in [0.2, 0.25) is 0 Å². The van der Waals surface area contributed by atoms with E-state index >= 15 is 0 Å². The fourth-order valence-corrected chi connectivity index (χ4v) is 1.68. The van der Waals surface area contributed by atoms with Gasteiger partial charge in [-0.25, -0.2) is 0 Å². The number of aliphatic hydroxyl groups excluding tert-OH is 1. The maximum Gasteiger partial charge on any atom is 0.119 e. The minimum absolute atomic E-state index is 0.348. The lowest BCUT2D eigenvalue weighted by atomic mass is 10.1. The van der Waals surface area contributed by atoms with E-state index in [4.69, 9.17) is 4.74 Å². The third-order valence-electron chi connectivity index (χ3n) is 2.88. The molecular formula is C16H18O2. The Labute approximate surface area is 108 Å². The molecule has 0 saturated carbocycles. The number of rotatable bonds is 5. The first-order chi connectivity index (χ1) is 8.79. The van der Waals surface area contributed by atoms with Crippen LogP contribution in [-0.4, -0.2) is 17.8 Å². The van der Waals surface area contributed by atoms with E-state index in [1.54, 1.807) is 0 Å². The van der Waals surface area contributed by atoms with Crippen LogP contribution in [0, 0.1) is 0 Å². The Morgan fingerprint density at radius 3 is 2.17 bits per heavy atom. The Hall–Kier alpha value is -1.80. The highest BCUT2D eigenvalue weighted by atomic mass is 16.5. The third kappa shape index (κ3) is 3.34. The second kappa shape index (κ2) is 6.22. The van der Waals surface area contributed by atoms with Gasteiger partial charge in [-0.3, -0.25) is 0 Å². The molecule has 2 heteroatoms. The molecule has 0 saturated heterocycles. The highest BCUT2D eigenvalue weighted by Crippen LogP contribution is 2.22. The van der Waals surface area contributed by atoms with Crippen molar-refractivity contribution in [1.82, 2.24) is 0 Å². The molecule has 0 aromatic heterocycles. The van der Waals surface area contributed by atoms with Gasteiger partial charge < -0.3 is 9.84 Å². The number of hydrogen-bond acceptors (Lipinski definition) is 2. The van der Waals surface area contributed by atoms with Crippen LogP contribution < -0.4 is 4.74 Å². The van der Waals surface area contributed by atoms with E-state index in [-0.39, 0.29) is 0 Å². The van der Waals surface area contributed by atoms with Gasteiger partial charge in [0.1, 0.15) is 12.4 Å². The minimum Gasteiger partial charge on any atom is -0.491 e. The lowest BCUT2D eigenvalue weighted by Crippen LogP contribution is -2.15. The molecule has 0 aliphatic carbocycles. The van der Waals surface area contributed by atoms with Crippen molar-refractivity contribution >= 4 is 0 Å². The van der Waals surface area contributed by atoms with Crippen molar-refractivity contribution in [3.05, 3.63) is 54.6 Å². The fourth-order valence-electron chi connectivity index (χ4n) is 1.68. The zero-order valence-corrected chi connectivity index (χ0v) is 10.5. The molecule has 1 unspecified atom stereocenters. The quantitative estimate of drug-likeness (QED) is 0.869. The average molecular weight is 242 g/mol. The van der Waals surface area contributed by atoms with Crippen molar-refractivity contribution in [3.63, 3.8) is 0 Å². The molecule has 2 aromatic carbocycles. The number of ether oxygens (including phenoxy) is 1. The van der Waals surface area contributed by atoms with Crippen LogP contribution in [0.2, 0.25) is 0 Å².